The summed E-state index contributed by atoms with van der Waals surface area (Å²) in [4.78, 5) is 11.2. The van der Waals surface area contributed by atoms with Crippen LogP contribution in [0.1, 0.15) is 29.3 Å². The fourth-order valence-corrected chi connectivity index (χ4v) is 2.37. The monoisotopic (exact) mass is 239 g/mol. The molecule has 4 heteroatoms. The molecule has 0 aliphatic rings. The molecule has 0 radical (unpaired) electrons. The van der Waals surface area contributed by atoms with Crippen molar-refractivity contribution in [3.8, 4) is 0 Å². The topological polar surface area (TPSA) is 63.3 Å². The standard InChI is InChI=1S/C12H17NO2S/c1-9(6-7-14)16-8-10-4-2-3-5-11(10)12(13)15/h2-5,9,14H,6-8H2,1H3,(H2,13,15). The van der Waals surface area contributed by atoms with Gasteiger partial charge in [0, 0.05) is 23.2 Å². The highest BCUT2D eigenvalue weighted by molar-refractivity contribution is 7.99. The van der Waals surface area contributed by atoms with Crippen molar-refractivity contribution in [1.82, 2.24) is 0 Å². The van der Waals surface area contributed by atoms with Crippen molar-refractivity contribution in [2.45, 2.75) is 24.3 Å². The molecule has 0 saturated carbocycles. The number of primary amides is 1. The van der Waals surface area contributed by atoms with E-state index in [2.05, 4.69) is 6.92 Å². The van der Waals surface area contributed by atoms with Gasteiger partial charge in [-0.05, 0) is 18.1 Å². The lowest BCUT2D eigenvalue weighted by Gasteiger charge is -2.11. The second-order valence-corrected chi connectivity index (χ2v) is 5.08. The summed E-state index contributed by atoms with van der Waals surface area (Å²) in [6.07, 6.45) is 0.767. The summed E-state index contributed by atoms with van der Waals surface area (Å²) in [6, 6.07) is 7.37. The van der Waals surface area contributed by atoms with Crippen LogP contribution in [-0.4, -0.2) is 22.9 Å². The molecule has 1 amide bonds. The zero-order chi connectivity index (χ0) is 12.0. The van der Waals surface area contributed by atoms with Gasteiger partial charge in [-0.25, -0.2) is 0 Å². The van der Waals surface area contributed by atoms with E-state index in [0.717, 1.165) is 17.7 Å². The molecule has 3 nitrogen and oxygen atoms in total. The molecule has 1 unspecified atom stereocenters. The van der Waals surface area contributed by atoms with Gasteiger partial charge in [0.1, 0.15) is 0 Å². The number of hydrogen-bond donors (Lipinski definition) is 2. The number of rotatable bonds is 6. The average molecular weight is 239 g/mol. The van der Waals surface area contributed by atoms with Gasteiger partial charge in [0.2, 0.25) is 5.91 Å². The number of nitrogens with two attached hydrogens (primary N) is 1. The highest BCUT2D eigenvalue weighted by Crippen LogP contribution is 2.21. The van der Waals surface area contributed by atoms with Crippen molar-refractivity contribution >= 4 is 17.7 Å². The number of benzene rings is 1. The van der Waals surface area contributed by atoms with Crippen LogP contribution in [0.5, 0.6) is 0 Å². The maximum atomic E-state index is 11.2. The molecule has 0 bridgehead atoms. The molecule has 0 spiro atoms. The molecule has 1 aromatic carbocycles. The predicted octanol–water partition coefficient (Wildman–Crippen LogP) is 1.79. The Morgan fingerprint density at radius 2 is 2.19 bits per heavy atom. The second-order valence-electron chi connectivity index (χ2n) is 3.66. The van der Waals surface area contributed by atoms with Crippen LogP contribution in [0.3, 0.4) is 0 Å². The Morgan fingerprint density at radius 3 is 2.81 bits per heavy atom. The van der Waals surface area contributed by atoms with Gasteiger partial charge in [-0.2, -0.15) is 11.8 Å². The van der Waals surface area contributed by atoms with Gasteiger partial charge in [0.25, 0.3) is 0 Å². The summed E-state index contributed by atoms with van der Waals surface area (Å²) in [7, 11) is 0. The van der Waals surface area contributed by atoms with E-state index in [-0.39, 0.29) is 12.5 Å². The Labute approximate surface area is 100 Å². The molecule has 0 fully saturated rings. The lowest BCUT2D eigenvalue weighted by atomic mass is 10.1. The smallest absolute Gasteiger partial charge is 0.249 e. The van der Waals surface area contributed by atoms with Crippen LogP contribution < -0.4 is 5.73 Å². The fraction of sp³-hybridized carbons (Fsp3) is 0.417. The quantitative estimate of drug-likeness (QED) is 0.795. The zero-order valence-corrected chi connectivity index (χ0v) is 10.2. The van der Waals surface area contributed by atoms with E-state index in [9.17, 15) is 4.79 Å². The molecular weight excluding hydrogens is 222 g/mol. The lowest BCUT2D eigenvalue weighted by molar-refractivity contribution is 0.0999. The number of aliphatic hydroxyl groups excluding tert-OH is 1. The summed E-state index contributed by atoms with van der Waals surface area (Å²) in [5.41, 5.74) is 6.84. The second kappa shape index (κ2) is 6.55. The highest BCUT2D eigenvalue weighted by Gasteiger charge is 2.08. The minimum atomic E-state index is -0.383. The first-order valence-corrected chi connectivity index (χ1v) is 6.30. The normalized spacial score (nSPS) is 12.4. The lowest BCUT2D eigenvalue weighted by Crippen LogP contribution is -2.13. The van der Waals surface area contributed by atoms with E-state index < -0.39 is 0 Å². The number of amides is 1. The van der Waals surface area contributed by atoms with E-state index in [1.165, 1.54) is 0 Å². The van der Waals surface area contributed by atoms with Crippen LogP contribution in [0, 0.1) is 0 Å². The van der Waals surface area contributed by atoms with Gasteiger partial charge in [0.05, 0.1) is 0 Å². The van der Waals surface area contributed by atoms with Crippen LogP contribution in [0.4, 0.5) is 0 Å². The Morgan fingerprint density at radius 1 is 1.50 bits per heavy atom. The van der Waals surface area contributed by atoms with Crippen molar-refractivity contribution in [3.63, 3.8) is 0 Å². The van der Waals surface area contributed by atoms with Crippen molar-refractivity contribution < 1.29 is 9.90 Å². The summed E-state index contributed by atoms with van der Waals surface area (Å²) >= 11 is 1.72. The molecular formula is C12H17NO2S. The van der Waals surface area contributed by atoms with E-state index in [1.807, 2.05) is 18.2 Å². The van der Waals surface area contributed by atoms with Crippen LogP contribution in [0.2, 0.25) is 0 Å². The predicted molar refractivity (Wildman–Crippen MR) is 67.4 cm³/mol. The number of carbonyl (C=O) groups is 1. The third-order valence-electron chi connectivity index (χ3n) is 2.34. The van der Waals surface area contributed by atoms with Crippen LogP contribution >= 0.6 is 11.8 Å². The molecule has 0 aliphatic carbocycles. The first kappa shape index (κ1) is 13.1. The number of thioether (sulfide) groups is 1. The average Bonchev–Trinajstić information content (AvgIpc) is 2.27. The Balaban J connectivity index is 2.63. The van der Waals surface area contributed by atoms with Crippen LogP contribution in [0.25, 0.3) is 0 Å². The number of hydrogen-bond acceptors (Lipinski definition) is 3. The Hall–Kier alpha value is -1.00. The van der Waals surface area contributed by atoms with Gasteiger partial charge in [-0.15, -0.1) is 0 Å². The third-order valence-corrected chi connectivity index (χ3v) is 3.62. The molecule has 16 heavy (non-hydrogen) atoms. The SMILES string of the molecule is CC(CCO)SCc1ccccc1C(N)=O. The molecule has 0 aromatic heterocycles. The molecule has 0 saturated heterocycles. The first-order valence-electron chi connectivity index (χ1n) is 5.25. The van der Waals surface area contributed by atoms with Gasteiger partial charge in [-0.3, -0.25) is 4.79 Å². The minimum Gasteiger partial charge on any atom is -0.396 e. The molecule has 1 aromatic rings. The van der Waals surface area contributed by atoms with Crippen molar-refractivity contribution in [2.24, 2.45) is 5.73 Å². The van der Waals surface area contributed by atoms with Gasteiger partial charge in [-0.1, -0.05) is 25.1 Å². The minimum absolute atomic E-state index is 0.200. The maximum Gasteiger partial charge on any atom is 0.249 e. The van der Waals surface area contributed by atoms with E-state index in [0.29, 0.717) is 10.8 Å². The largest absolute Gasteiger partial charge is 0.396 e. The molecule has 0 heterocycles. The first-order chi connectivity index (χ1) is 7.65. The third kappa shape index (κ3) is 3.87. The van der Waals surface area contributed by atoms with E-state index >= 15 is 0 Å². The fourth-order valence-electron chi connectivity index (χ4n) is 1.38. The van der Waals surface area contributed by atoms with Crippen molar-refractivity contribution in [3.05, 3.63) is 35.4 Å². The van der Waals surface area contributed by atoms with Crippen molar-refractivity contribution in [1.29, 1.82) is 0 Å². The molecule has 1 rings (SSSR count). The van der Waals surface area contributed by atoms with E-state index in [1.54, 1.807) is 17.8 Å². The van der Waals surface area contributed by atoms with Gasteiger partial charge >= 0.3 is 0 Å². The van der Waals surface area contributed by atoms with Crippen molar-refractivity contribution in [2.75, 3.05) is 6.61 Å². The molecule has 3 N–H and O–H groups in total. The Bertz CT molecular complexity index is 355. The zero-order valence-electron chi connectivity index (χ0n) is 9.35. The summed E-state index contributed by atoms with van der Waals surface area (Å²) in [6.45, 7) is 2.26. The van der Waals surface area contributed by atoms with E-state index in [4.69, 9.17) is 10.8 Å². The summed E-state index contributed by atoms with van der Waals surface area (Å²) < 4.78 is 0. The Kier molecular flexibility index (Phi) is 5.35. The highest BCUT2D eigenvalue weighted by atomic mass is 32.2. The van der Waals surface area contributed by atoms with Crippen LogP contribution in [0.15, 0.2) is 24.3 Å². The number of aliphatic hydroxyl groups is 1. The molecule has 88 valence electrons. The summed E-state index contributed by atoms with van der Waals surface area (Å²) in [5.74, 6) is 0.367. The van der Waals surface area contributed by atoms with Gasteiger partial charge < -0.3 is 10.8 Å². The molecule has 1 atom stereocenters. The van der Waals surface area contributed by atoms with Gasteiger partial charge in [0.15, 0.2) is 0 Å². The summed E-state index contributed by atoms with van der Waals surface area (Å²) in [5, 5.41) is 9.17. The van der Waals surface area contributed by atoms with Crippen LogP contribution in [-0.2, 0) is 5.75 Å². The number of carbonyl (C=O) groups excluding carboxylic acids is 1. The maximum absolute atomic E-state index is 11.2. The molecule has 0 aliphatic heterocycles.